The third-order valence-corrected chi connectivity index (χ3v) is 2.23. The van der Waals surface area contributed by atoms with Crippen LogP contribution in [-0.4, -0.2) is 12.5 Å². The molecule has 0 heterocycles. The molecule has 1 aromatic carbocycles. The molecule has 14 heavy (non-hydrogen) atoms. The van der Waals surface area contributed by atoms with E-state index in [0.29, 0.717) is 12.5 Å². The molecule has 1 nitrogen and oxygen atoms in total. The number of rotatable bonds is 5. The maximum atomic E-state index is 12.8. The largest absolute Gasteiger partial charge is 0.374 e. The molecule has 0 radical (unpaired) electrons. The van der Waals surface area contributed by atoms with Crippen LogP contribution in [-0.2, 0) is 4.74 Å². The van der Waals surface area contributed by atoms with E-state index < -0.39 is 0 Å². The maximum Gasteiger partial charge on any atom is 0.123 e. The Hall–Kier alpha value is -0.600. The second-order valence-electron chi connectivity index (χ2n) is 3.11. The minimum absolute atomic E-state index is 0.0751. The lowest BCUT2D eigenvalue weighted by Gasteiger charge is -2.12. The SMILES string of the molecule is CC(OCCCCl)c1cccc(F)c1. The van der Waals surface area contributed by atoms with Crippen LogP contribution in [0.4, 0.5) is 4.39 Å². The van der Waals surface area contributed by atoms with Gasteiger partial charge < -0.3 is 4.74 Å². The van der Waals surface area contributed by atoms with E-state index in [4.69, 9.17) is 16.3 Å². The van der Waals surface area contributed by atoms with Crippen molar-refractivity contribution >= 4 is 11.6 Å². The quantitative estimate of drug-likeness (QED) is 0.541. The van der Waals surface area contributed by atoms with Gasteiger partial charge in [-0.15, -0.1) is 11.6 Å². The summed E-state index contributed by atoms with van der Waals surface area (Å²) in [6.45, 7) is 2.52. The molecule has 0 saturated heterocycles. The molecule has 0 N–H and O–H groups in total. The van der Waals surface area contributed by atoms with Crippen LogP contribution in [0.25, 0.3) is 0 Å². The highest BCUT2D eigenvalue weighted by molar-refractivity contribution is 6.17. The number of hydrogen-bond acceptors (Lipinski definition) is 1. The summed E-state index contributed by atoms with van der Waals surface area (Å²) in [5, 5.41) is 0. The zero-order chi connectivity index (χ0) is 10.4. The Morgan fingerprint density at radius 2 is 2.29 bits per heavy atom. The summed E-state index contributed by atoms with van der Waals surface area (Å²) in [5.74, 6) is 0.367. The van der Waals surface area contributed by atoms with E-state index in [0.717, 1.165) is 12.0 Å². The predicted octanol–water partition coefficient (Wildman–Crippen LogP) is 3.53. The molecule has 0 aliphatic rings. The number of alkyl halides is 1. The van der Waals surface area contributed by atoms with Crippen molar-refractivity contribution in [2.24, 2.45) is 0 Å². The van der Waals surface area contributed by atoms with Crippen molar-refractivity contribution in [3.8, 4) is 0 Å². The number of halogens is 2. The van der Waals surface area contributed by atoms with Gasteiger partial charge in [0.25, 0.3) is 0 Å². The van der Waals surface area contributed by atoms with Crippen LogP contribution in [0.3, 0.4) is 0 Å². The summed E-state index contributed by atoms with van der Waals surface area (Å²) < 4.78 is 18.3. The fourth-order valence-corrected chi connectivity index (χ4v) is 1.28. The van der Waals surface area contributed by atoms with Gasteiger partial charge in [-0.1, -0.05) is 12.1 Å². The van der Waals surface area contributed by atoms with Gasteiger partial charge in [-0.25, -0.2) is 4.39 Å². The lowest BCUT2D eigenvalue weighted by molar-refractivity contribution is 0.0664. The first-order valence-electron chi connectivity index (χ1n) is 4.67. The Balaban J connectivity index is 2.47. The van der Waals surface area contributed by atoms with E-state index in [-0.39, 0.29) is 11.9 Å². The van der Waals surface area contributed by atoms with Gasteiger partial charge in [0, 0.05) is 12.5 Å². The molecular weight excluding hydrogens is 203 g/mol. The Bertz CT molecular complexity index is 278. The first kappa shape index (κ1) is 11.5. The molecule has 0 bridgehead atoms. The first-order chi connectivity index (χ1) is 6.74. The highest BCUT2D eigenvalue weighted by Crippen LogP contribution is 2.17. The summed E-state index contributed by atoms with van der Waals surface area (Å²) in [6, 6.07) is 6.46. The lowest BCUT2D eigenvalue weighted by atomic mass is 10.1. The van der Waals surface area contributed by atoms with Crippen LogP contribution in [0.5, 0.6) is 0 Å². The van der Waals surface area contributed by atoms with Crippen molar-refractivity contribution in [1.29, 1.82) is 0 Å². The highest BCUT2D eigenvalue weighted by atomic mass is 35.5. The van der Waals surface area contributed by atoms with Gasteiger partial charge in [0.15, 0.2) is 0 Å². The van der Waals surface area contributed by atoms with E-state index in [2.05, 4.69) is 0 Å². The second-order valence-corrected chi connectivity index (χ2v) is 3.49. The van der Waals surface area contributed by atoms with Crippen molar-refractivity contribution in [3.63, 3.8) is 0 Å². The zero-order valence-corrected chi connectivity index (χ0v) is 8.93. The van der Waals surface area contributed by atoms with E-state index in [1.807, 2.05) is 13.0 Å². The van der Waals surface area contributed by atoms with Crippen LogP contribution in [0, 0.1) is 5.82 Å². The fraction of sp³-hybridized carbons (Fsp3) is 0.455. The van der Waals surface area contributed by atoms with Gasteiger partial charge >= 0.3 is 0 Å². The Kier molecular flexibility index (Phi) is 4.91. The molecule has 0 amide bonds. The van der Waals surface area contributed by atoms with Crippen LogP contribution in [0.15, 0.2) is 24.3 Å². The van der Waals surface area contributed by atoms with Crippen molar-refractivity contribution in [2.45, 2.75) is 19.4 Å². The molecule has 0 saturated carbocycles. The van der Waals surface area contributed by atoms with Crippen molar-refractivity contribution in [3.05, 3.63) is 35.6 Å². The van der Waals surface area contributed by atoms with Gasteiger partial charge in [-0.2, -0.15) is 0 Å². The van der Waals surface area contributed by atoms with Gasteiger partial charge in [0.1, 0.15) is 5.82 Å². The second kappa shape index (κ2) is 5.99. The van der Waals surface area contributed by atoms with Crippen LogP contribution in [0.2, 0.25) is 0 Å². The van der Waals surface area contributed by atoms with Crippen molar-refractivity contribution < 1.29 is 9.13 Å². The van der Waals surface area contributed by atoms with Crippen molar-refractivity contribution in [1.82, 2.24) is 0 Å². The summed E-state index contributed by atoms with van der Waals surface area (Å²) in [6.07, 6.45) is 0.746. The van der Waals surface area contributed by atoms with Crippen LogP contribution >= 0.6 is 11.6 Å². The standard InChI is InChI=1S/C11H14ClFO/c1-9(14-7-3-6-12)10-4-2-5-11(13)8-10/h2,4-5,8-9H,3,6-7H2,1H3. The molecule has 0 aliphatic heterocycles. The molecule has 3 heteroatoms. The topological polar surface area (TPSA) is 9.23 Å². The number of hydrogen-bond donors (Lipinski definition) is 0. The lowest BCUT2D eigenvalue weighted by Crippen LogP contribution is -2.02. The van der Waals surface area contributed by atoms with Crippen molar-refractivity contribution in [2.75, 3.05) is 12.5 Å². The molecule has 1 aromatic rings. The Morgan fingerprint density at radius 1 is 1.50 bits per heavy atom. The third-order valence-electron chi connectivity index (χ3n) is 1.96. The Morgan fingerprint density at radius 3 is 2.93 bits per heavy atom. The normalized spacial score (nSPS) is 12.8. The highest BCUT2D eigenvalue weighted by Gasteiger charge is 2.05. The summed E-state index contributed by atoms with van der Waals surface area (Å²) in [5.41, 5.74) is 0.861. The molecule has 1 atom stereocenters. The monoisotopic (exact) mass is 216 g/mol. The summed E-state index contributed by atoms with van der Waals surface area (Å²) in [7, 11) is 0. The number of ether oxygens (including phenoxy) is 1. The van der Waals surface area contributed by atoms with Gasteiger partial charge in [0.05, 0.1) is 6.10 Å². The molecule has 1 unspecified atom stereocenters. The van der Waals surface area contributed by atoms with Gasteiger partial charge in [0.2, 0.25) is 0 Å². The predicted molar refractivity (Wildman–Crippen MR) is 56.1 cm³/mol. The molecule has 78 valence electrons. The smallest absolute Gasteiger partial charge is 0.123 e. The Labute approximate surface area is 88.8 Å². The molecule has 0 fully saturated rings. The maximum absolute atomic E-state index is 12.8. The zero-order valence-electron chi connectivity index (χ0n) is 8.17. The minimum Gasteiger partial charge on any atom is -0.374 e. The molecule has 1 rings (SSSR count). The summed E-state index contributed by atoms with van der Waals surface area (Å²) >= 11 is 5.52. The van der Waals surface area contributed by atoms with E-state index in [9.17, 15) is 4.39 Å². The van der Waals surface area contributed by atoms with Gasteiger partial charge in [-0.3, -0.25) is 0 Å². The van der Waals surface area contributed by atoms with E-state index in [1.54, 1.807) is 6.07 Å². The van der Waals surface area contributed by atoms with E-state index >= 15 is 0 Å². The van der Waals surface area contributed by atoms with Gasteiger partial charge in [-0.05, 0) is 31.0 Å². The average Bonchev–Trinajstić information content (AvgIpc) is 2.18. The molecule has 0 aliphatic carbocycles. The molecular formula is C11H14ClFO. The summed E-state index contributed by atoms with van der Waals surface area (Å²) in [4.78, 5) is 0. The van der Waals surface area contributed by atoms with Crippen LogP contribution in [0.1, 0.15) is 25.0 Å². The average molecular weight is 217 g/mol. The molecule has 0 spiro atoms. The fourth-order valence-electron chi connectivity index (χ4n) is 1.17. The first-order valence-corrected chi connectivity index (χ1v) is 5.20. The van der Waals surface area contributed by atoms with E-state index in [1.165, 1.54) is 12.1 Å². The van der Waals surface area contributed by atoms with Crippen LogP contribution < -0.4 is 0 Å². The number of benzene rings is 1. The molecule has 0 aromatic heterocycles. The minimum atomic E-state index is -0.227. The third kappa shape index (κ3) is 3.64.